The molecule has 0 radical (unpaired) electrons. The van der Waals surface area contributed by atoms with Gasteiger partial charge in [0.1, 0.15) is 4.99 Å². The Balaban J connectivity index is 2.20. The lowest BCUT2D eigenvalue weighted by Crippen LogP contribution is -2.08. The van der Waals surface area contributed by atoms with Gasteiger partial charge < -0.3 is 5.73 Å². The van der Waals surface area contributed by atoms with E-state index in [0.717, 1.165) is 16.7 Å². The van der Waals surface area contributed by atoms with Gasteiger partial charge in [-0.1, -0.05) is 54.4 Å². The molecule has 0 fully saturated rings. The summed E-state index contributed by atoms with van der Waals surface area (Å²) in [5.74, 6) is 6.19. The van der Waals surface area contributed by atoms with Gasteiger partial charge in [-0.3, -0.25) is 0 Å². The normalized spacial score (nSPS) is 9.18. The molecule has 0 amide bonds. The molecule has 0 aliphatic carbocycles. The first-order valence-corrected chi connectivity index (χ1v) is 5.63. The summed E-state index contributed by atoms with van der Waals surface area (Å²) < 4.78 is 0. The predicted octanol–water partition coefficient (Wildman–Crippen LogP) is 2.72. The van der Waals surface area contributed by atoms with E-state index in [9.17, 15) is 0 Å². The topological polar surface area (TPSA) is 26.0 Å². The summed E-state index contributed by atoms with van der Waals surface area (Å²) in [5, 5.41) is 0. The molecule has 2 heteroatoms. The van der Waals surface area contributed by atoms with Gasteiger partial charge in [-0.15, -0.1) is 0 Å². The quantitative estimate of drug-likeness (QED) is 0.609. The van der Waals surface area contributed by atoms with Gasteiger partial charge in [-0.05, 0) is 24.3 Å². The van der Waals surface area contributed by atoms with Gasteiger partial charge in [0, 0.05) is 16.7 Å². The minimum Gasteiger partial charge on any atom is -0.389 e. The highest BCUT2D eigenvalue weighted by Crippen LogP contribution is 2.03. The van der Waals surface area contributed by atoms with Crippen molar-refractivity contribution >= 4 is 17.2 Å². The second-order valence-corrected chi connectivity index (χ2v) is 4.00. The fourth-order valence-corrected chi connectivity index (χ4v) is 1.52. The van der Waals surface area contributed by atoms with Crippen LogP contribution in [0.2, 0.25) is 0 Å². The van der Waals surface area contributed by atoms with Crippen molar-refractivity contribution in [3.05, 3.63) is 71.3 Å². The molecule has 2 aromatic rings. The largest absolute Gasteiger partial charge is 0.389 e. The Labute approximate surface area is 106 Å². The van der Waals surface area contributed by atoms with Gasteiger partial charge in [0.25, 0.3) is 0 Å². The van der Waals surface area contributed by atoms with E-state index in [0.29, 0.717) is 4.99 Å². The molecule has 0 heterocycles. The molecule has 0 aromatic heterocycles. The number of nitrogens with two attached hydrogens (primary N) is 1. The van der Waals surface area contributed by atoms with Crippen LogP contribution in [0.15, 0.2) is 54.6 Å². The average Bonchev–Trinajstić information content (AvgIpc) is 2.38. The van der Waals surface area contributed by atoms with Crippen molar-refractivity contribution < 1.29 is 0 Å². The van der Waals surface area contributed by atoms with Crippen LogP contribution in [0.25, 0.3) is 0 Å². The highest BCUT2D eigenvalue weighted by atomic mass is 32.1. The number of hydrogen-bond donors (Lipinski definition) is 1. The molecule has 2 aromatic carbocycles. The Kier molecular flexibility index (Phi) is 3.54. The van der Waals surface area contributed by atoms with E-state index in [1.54, 1.807) is 0 Å². The molecule has 0 aliphatic rings. The maximum Gasteiger partial charge on any atom is 0.103 e. The molecule has 82 valence electrons. The van der Waals surface area contributed by atoms with Crippen LogP contribution in [-0.2, 0) is 0 Å². The zero-order chi connectivity index (χ0) is 12.1. The van der Waals surface area contributed by atoms with Crippen molar-refractivity contribution in [2.24, 2.45) is 5.73 Å². The molecule has 0 atom stereocenters. The van der Waals surface area contributed by atoms with Crippen LogP contribution in [-0.4, -0.2) is 4.99 Å². The maximum absolute atomic E-state index is 5.52. The lowest BCUT2D eigenvalue weighted by Gasteiger charge is -1.96. The number of thiocarbonyl (C=S) groups is 1. The van der Waals surface area contributed by atoms with Crippen molar-refractivity contribution in [1.82, 2.24) is 0 Å². The van der Waals surface area contributed by atoms with Crippen LogP contribution < -0.4 is 5.73 Å². The summed E-state index contributed by atoms with van der Waals surface area (Å²) in [6.45, 7) is 0. The molecule has 0 saturated carbocycles. The molecule has 2 N–H and O–H groups in total. The van der Waals surface area contributed by atoms with Crippen molar-refractivity contribution in [3.63, 3.8) is 0 Å². The lowest BCUT2D eigenvalue weighted by molar-refractivity contribution is 1.58. The Morgan fingerprint density at radius 2 is 1.35 bits per heavy atom. The van der Waals surface area contributed by atoms with Gasteiger partial charge in [0.15, 0.2) is 0 Å². The van der Waals surface area contributed by atoms with Gasteiger partial charge in [0.2, 0.25) is 0 Å². The summed E-state index contributed by atoms with van der Waals surface area (Å²) in [6.07, 6.45) is 0. The Morgan fingerprint density at radius 3 is 1.88 bits per heavy atom. The highest BCUT2D eigenvalue weighted by Gasteiger charge is 1.94. The smallest absolute Gasteiger partial charge is 0.103 e. The van der Waals surface area contributed by atoms with Crippen LogP contribution in [0.4, 0.5) is 0 Å². The van der Waals surface area contributed by atoms with E-state index in [-0.39, 0.29) is 0 Å². The van der Waals surface area contributed by atoms with E-state index in [4.69, 9.17) is 18.0 Å². The third-order valence-corrected chi connectivity index (χ3v) is 2.53. The lowest BCUT2D eigenvalue weighted by atomic mass is 10.1. The van der Waals surface area contributed by atoms with Crippen LogP contribution in [0, 0.1) is 11.8 Å². The zero-order valence-electron chi connectivity index (χ0n) is 9.18. The minimum atomic E-state index is 0.410. The molecule has 0 spiro atoms. The summed E-state index contributed by atoms with van der Waals surface area (Å²) in [7, 11) is 0. The first-order chi connectivity index (χ1) is 8.25. The monoisotopic (exact) mass is 237 g/mol. The summed E-state index contributed by atoms with van der Waals surface area (Å²) in [6, 6.07) is 17.5. The summed E-state index contributed by atoms with van der Waals surface area (Å²) >= 11 is 4.89. The van der Waals surface area contributed by atoms with E-state index >= 15 is 0 Å². The third-order valence-electron chi connectivity index (χ3n) is 2.29. The molecule has 0 bridgehead atoms. The van der Waals surface area contributed by atoms with E-state index < -0.39 is 0 Å². The summed E-state index contributed by atoms with van der Waals surface area (Å²) in [4.78, 5) is 0.410. The van der Waals surface area contributed by atoms with Crippen molar-refractivity contribution in [2.75, 3.05) is 0 Å². The first-order valence-electron chi connectivity index (χ1n) is 5.22. The van der Waals surface area contributed by atoms with Gasteiger partial charge >= 0.3 is 0 Å². The Morgan fingerprint density at radius 1 is 0.824 bits per heavy atom. The van der Waals surface area contributed by atoms with Crippen LogP contribution in [0.1, 0.15) is 16.7 Å². The summed E-state index contributed by atoms with van der Waals surface area (Å²) in [5.41, 5.74) is 8.35. The van der Waals surface area contributed by atoms with Crippen molar-refractivity contribution in [3.8, 4) is 11.8 Å². The molecular formula is C15H11NS. The molecule has 0 unspecified atom stereocenters. The minimum absolute atomic E-state index is 0.410. The molecule has 1 nitrogen and oxygen atoms in total. The molecule has 17 heavy (non-hydrogen) atoms. The molecule has 0 aliphatic heterocycles. The molecule has 2 rings (SSSR count). The number of benzene rings is 2. The second kappa shape index (κ2) is 5.29. The highest BCUT2D eigenvalue weighted by molar-refractivity contribution is 7.80. The zero-order valence-corrected chi connectivity index (χ0v) is 10.00. The standard InChI is InChI=1S/C15H11NS/c16-15(17)14-10-8-13(9-11-14)7-6-12-4-2-1-3-5-12/h1-5,8-11H,(H2,16,17). The SMILES string of the molecule is NC(=S)c1ccc(C#Cc2ccccc2)cc1. The maximum atomic E-state index is 5.52. The van der Waals surface area contributed by atoms with Gasteiger partial charge in [0.05, 0.1) is 0 Å². The van der Waals surface area contributed by atoms with Crippen molar-refractivity contribution in [1.29, 1.82) is 0 Å². The van der Waals surface area contributed by atoms with Crippen LogP contribution >= 0.6 is 12.2 Å². The second-order valence-electron chi connectivity index (χ2n) is 3.56. The first kappa shape index (κ1) is 11.4. The average molecular weight is 237 g/mol. The molecule has 0 saturated heterocycles. The van der Waals surface area contributed by atoms with Gasteiger partial charge in [-0.25, -0.2) is 0 Å². The fraction of sp³-hybridized carbons (Fsp3) is 0. The Bertz CT molecular complexity index is 574. The number of hydrogen-bond acceptors (Lipinski definition) is 1. The van der Waals surface area contributed by atoms with Gasteiger partial charge in [-0.2, -0.15) is 0 Å². The van der Waals surface area contributed by atoms with Crippen LogP contribution in [0.5, 0.6) is 0 Å². The third kappa shape index (κ3) is 3.17. The van der Waals surface area contributed by atoms with E-state index in [1.807, 2.05) is 54.6 Å². The number of rotatable bonds is 1. The van der Waals surface area contributed by atoms with Crippen LogP contribution in [0.3, 0.4) is 0 Å². The predicted molar refractivity (Wildman–Crippen MR) is 74.8 cm³/mol. The molecular weight excluding hydrogens is 226 g/mol. The fourth-order valence-electron chi connectivity index (χ4n) is 1.38. The van der Waals surface area contributed by atoms with E-state index in [2.05, 4.69) is 11.8 Å². The van der Waals surface area contributed by atoms with E-state index in [1.165, 1.54) is 0 Å². The Hall–Kier alpha value is -2.11. The van der Waals surface area contributed by atoms with Crippen molar-refractivity contribution in [2.45, 2.75) is 0 Å².